The van der Waals surface area contributed by atoms with E-state index in [9.17, 15) is 9.59 Å². The number of hydrogen-bond donors (Lipinski definition) is 1. The number of benzene rings is 2. The predicted octanol–water partition coefficient (Wildman–Crippen LogP) is 6.48. The minimum absolute atomic E-state index is 0.140. The van der Waals surface area contributed by atoms with Crippen LogP contribution in [0.3, 0.4) is 0 Å². The molecule has 4 nitrogen and oxygen atoms in total. The van der Waals surface area contributed by atoms with Gasteiger partial charge in [-0.2, -0.15) is 0 Å². The highest BCUT2D eigenvalue weighted by Crippen LogP contribution is 2.26. The van der Waals surface area contributed by atoms with Crippen molar-refractivity contribution in [3.05, 3.63) is 67.6 Å². The first-order chi connectivity index (χ1) is 14.8. The molecular formula is C22H24Cl4N2O2S. The predicted molar refractivity (Wildman–Crippen MR) is 132 cm³/mol. The van der Waals surface area contributed by atoms with Crippen molar-refractivity contribution < 1.29 is 9.59 Å². The van der Waals surface area contributed by atoms with E-state index in [0.717, 1.165) is 11.1 Å². The molecule has 2 aromatic carbocycles. The number of likely N-dealkylation sites (N-methyl/N-ethyl adjacent to an activating group) is 1. The van der Waals surface area contributed by atoms with Crippen LogP contribution in [-0.4, -0.2) is 35.1 Å². The van der Waals surface area contributed by atoms with E-state index in [2.05, 4.69) is 5.32 Å². The molecule has 168 valence electrons. The summed E-state index contributed by atoms with van der Waals surface area (Å²) < 4.78 is 0. The zero-order valence-electron chi connectivity index (χ0n) is 17.3. The zero-order chi connectivity index (χ0) is 23.0. The van der Waals surface area contributed by atoms with Gasteiger partial charge in [0.2, 0.25) is 11.8 Å². The normalized spacial score (nSPS) is 11.8. The summed E-state index contributed by atoms with van der Waals surface area (Å²) >= 11 is 25.7. The lowest BCUT2D eigenvalue weighted by Crippen LogP contribution is -2.49. The van der Waals surface area contributed by atoms with Crippen molar-refractivity contribution >= 4 is 70.0 Å². The second-order valence-electron chi connectivity index (χ2n) is 6.82. The molecule has 0 aromatic heterocycles. The standard InChI is InChI=1S/C22H24Cl4N2O2S/c1-3-20(22(30)27-4-2)28(11-14-5-8-17(24)19(26)9-14)21(29)13-31-12-15-6-7-16(23)10-18(15)25/h5-10,20H,3-4,11-13H2,1-2H3,(H,27,30). The van der Waals surface area contributed by atoms with Gasteiger partial charge >= 0.3 is 0 Å². The van der Waals surface area contributed by atoms with E-state index in [1.807, 2.05) is 19.9 Å². The highest BCUT2D eigenvalue weighted by molar-refractivity contribution is 7.99. The number of carbonyl (C=O) groups excluding carboxylic acids is 2. The van der Waals surface area contributed by atoms with E-state index >= 15 is 0 Å². The highest BCUT2D eigenvalue weighted by Gasteiger charge is 2.28. The van der Waals surface area contributed by atoms with Crippen LogP contribution >= 0.6 is 58.2 Å². The largest absolute Gasteiger partial charge is 0.355 e. The Balaban J connectivity index is 2.15. The fraction of sp³-hybridized carbons (Fsp3) is 0.364. The van der Waals surface area contributed by atoms with Crippen molar-refractivity contribution in [1.82, 2.24) is 10.2 Å². The molecule has 0 aliphatic heterocycles. The first kappa shape index (κ1) is 26.1. The molecule has 2 amide bonds. The molecule has 31 heavy (non-hydrogen) atoms. The molecule has 0 bridgehead atoms. The van der Waals surface area contributed by atoms with Crippen LogP contribution in [0.5, 0.6) is 0 Å². The molecule has 1 N–H and O–H groups in total. The van der Waals surface area contributed by atoms with E-state index in [4.69, 9.17) is 46.4 Å². The third-order valence-electron chi connectivity index (χ3n) is 4.57. The van der Waals surface area contributed by atoms with Crippen LogP contribution in [0, 0.1) is 0 Å². The van der Waals surface area contributed by atoms with Crippen molar-refractivity contribution in [3.8, 4) is 0 Å². The lowest BCUT2D eigenvalue weighted by atomic mass is 10.1. The van der Waals surface area contributed by atoms with Gasteiger partial charge in [-0.05, 0) is 48.7 Å². The number of amides is 2. The lowest BCUT2D eigenvalue weighted by molar-refractivity contribution is -0.139. The molecule has 0 saturated heterocycles. The summed E-state index contributed by atoms with van der Waals surface area (Å²) in [5.41, 5.74) is 1.70. The molecule has 0 heterocycles. The van der Waals surface area contributed by atoms with Crippen molar-refractivity contribution in [1.29, 1.82) is 0 Å². The van der Waals surface area contributed by atoms with Gasteiger partial charge in [-0.1, -0.05) is 65.5 Å². The summed E-state index contributed by atoms with van der Waals surface area (Å²) in [4.78, 5) is 27.4. The average molecular weight is 522 g/mol. The Morgan fingerprint density at radius 2 is 1.74 bits per heavy atom. The summed E-state index contributed by atoms with van der Waals surface area (Å²) in [6.45, 7) is 4.48. The summed E-state index contributed by atoms with van der Waals surface area (Å²) in [6.07, 6.45) is 0.493. The highest BCUT2D eigenvalue weighted by atomic mass is 35.5. The van der Waals surface area contributed by atoms with Gasteiger partial charge in [-0.3, -0.25) is 9.59 Å². The molecule has 2 rings (SSSR count). The van der Waals surface area contributed by atoms with Crippen LogP contribution in [0.15, 0.2) is 36.4 Å². The number of nitrogens with one attached hydrogen (secondary N) is 1. The van der Waals surface area contributed by atoms with E-state index in [0.29, 0.717) is 38.8 Å². The van der Waals surface area contributed by atoms with Crippen molar-refractivity contribution in [2.24, 2.45) is 0 Å². The molecule has 1 atom stereocenters. The fourth-order valence-corrected chi connectivity index (χ4v) is 4.81. The summed E-state index contributed by atoms with van der Waals surface area (Å²) in [6, 6.07) is 9.92. The minimum Gasteiger partial charge on any atom is -0.355 e. The van der Waals surface area contributed by atoms with Crippen LogP contribution in [0.25, 0.3) is 0 Å². The van der Waals surface area contributed by atoms with E-state index in [1.165, 1.54) is 11.8 Å². The maximum atomic E-state index is 13.1. The monoisotopic (exact) mass is 520 g/mol. The van der Waals surface area contributed by atoms with Crippen LogP contribution in [0.2, 0.25) is 20.1 Å². The van der Waals surface area contributed by atoms with E-state index < -0.39 is 6.04 Å². The number of nitrogens with zero attached hydrogens (tertiary/aromatic N) is 1. The third kappa shape index (κ3) is 7.76. The minimum atomic E-state index is -0.582. The van der Waals surface area contributed by atoms with Crippen LogP contribution < -0.4 is 5.32 Å². The van der Waals surface area contributed by atoms with Crippen molar-refractivity contribution in [2.75, 3.05) is 12.3 Å². The Kier molecular flexibility index (Phi) is 10.8. The Morgan fingerprint density at radius 1 is 1.00 bits per heavy atom. The van der Waals surface area contributed by atoms with Crippen LogP contribution in [0.1, 0.15) is 31.4 Å². The first-order valence-electron chi connectivity index (χ1n) is 9.79. The van der Waals surface area contributed by atoms with Gasteiger partial charge in [-0.15, -0.1) is 11.8 Å². The third-order valence-corrected chi connectivity index (χ3v) is 6.86. The quantitative estimate of drug-likeness (QED) is 0.389. The summed E-state index contributed by atoms with van der Waals surface area (Å²) in [7, 11) is 0. The van der Waals surface area contributed by atoms with Gasteiger partial charge in [0.15, 0.2) is 0 Å². The molecular weight excluding hydrogens is 498 g/mol. The molecule has 0 spiro atoms. The Hall–Kier alpha value is -1.11. The molecule has 0 fully saturated rings. The van der Waals surface area contributed by atoms with Crippen molar-refractivity contribution in [2.45, 2.75) is 38.6 Å². The van der Waals surface area contributed by atoms with Gasteiger partial charge < -0.3 is 10.2 Å². The van der Waals surface area contributed by atoms with Gasteiger partial charge in [0.1, 0.15) is 6.04 Å². The number of halogens is 4. The Bertz CT molecular complexity index is 926. The number of carbonyl (C=O) groups is 2. The molecule has 0 aliphatic rings. The number of rotatable bonds is 10. The molecule has 2 aromatic rings. The molecule has 0 saturated carbocycles. The van der Waals surface area contributed by atoms with Crippen LogP contribution in [0.4, 0.5) is 0 Å². The van der Waals surface area contributed by atoms with Crippen LogP contribution in [-0.2, 0) is 21.9 Å². The number of thioether (sulfide) groups is 1. The molecule has 0 radical (unpaired) electrons. The van der Waals surface area contributed by atoms with E-state index in [1.54, 1.807) is 35.2 Å². The average Bonchev–Trinajstić information content (AvgIpc) is 2.72. The van der Waals surface area contributed by atoms with Gasteiger partial charge in [-0.25, -0.2) is 0 Å². The topological polar surface area (TPSA) is 49.4 Å². The molecule has 9 heteroatoms. The smallest absolute Gasteiger partial charge is 0.242 e. The summed E-state index contributed by atoms with van der Waals surface area (Å²) in [5.74, 6) is 0.444. The van der Waals surface area contributed by atoms with Gasteiger partial charge in [0, 0.05) is 28.9 Å². The Labute approximate surface area is 207 Å². The SMILES string of the molecule is CCNC(=O)C(CC)N(Cc1ccc(Cl)c(Cl)c1)C(=O)CSCc1ccc(Cl)cc1Cl. The molecule has 1 unspecified atom stereocenters. The lowest BCUT2D eigenvalue weighted by Gasteiger charge is -2.30. The van der Waals surface area contributed by atoms with E-state index in [-0.39, 0.29) is 24.1 Å². The molecule has 0 aliphatic carbocycles. The summed E-state index contributed by atoms with van der Waals surface area (Å²) in [5, 5.41) is 4.79. The Morgan fingerprint density at radius 3 is 2.35 bits per heavy atom. The maximum Gasteiger partial charge on any atom is 0.242 e. The number of hydrogen-bond acceptors (Lipinski definition) is 3. The fourth-order valence-electron chi connectivity index (χ4n) is 3.02. The second-order valence-corrected chi connectivity index (χ2v) is 9.46. The van der Waals surface area contributed by atoms with Gasteiger partial charge in [0.05, 0.1) is 15.8 Å². The maximum absolute atomic E-state index is 13.1. The van der Waals surface area contributed by atoms with Crippen molar-refractivity contribution in [3.63, 3.8) is 0 Å². The second kappa shape index (κ2) is 12.8. The zero-order valence-corrected chi connectivity index (χ0v) is 21.1. The first-order valence-corrected chi connectivity index (χ1v) is 12.5. The van der Waals surface area contributed by atoms with Gasteiger partial charge in [0.25, 0.3) is 0 Å².